The minimum Gasteiger partial charge on any atom is -0.341 e. The zero-order valence-electron chi connectivity index (χ0n) is 16.5. The number of nitrogens with one attached hydrogen (secondary N) is 3. The first-order valence-electron chi connectivity index (χ1n) is 9.17. The van der Waals surface area contributed by atoms with Crippen molar-refractivity contribution < 1.29 is 14.4 Å². The molecule has 1 aromatic rings. The van der Waals surface area contributed by atoms with E-state index in [9.17, 15) is 14.4 Å². The van der Waals surface area contributed by atoms with Crippen molar-refractivity contribution in [2.24, 2.45) is 0 Å². The minimum absolute atomic E-state index is 0.0359. The molecule has 0 bridgehead atoms. The fourth-order valence-corrected chi connectivity index (χ4v) is 3.15. The van der Waals surface area contributed by atoms with Crippen molar-refractivity contribution in [3.8, 4) is 0 Å². The molecule has 2 rings (SSSR count). The van der Waals surface area contributed by atoms with Crippen molar-refractivity contribution >= 4 is 23.5 Å². The molecule has 27 heavy (non-hydrogen) atoms. The maximum Gasteiger partial charge on any atom is 0.321 e. The van der Waals surface area contributed by atoms with Gasteiger partial charge >= 0.3 is 6.03 Å². The highest BCUT2D eigenvalue weighted by molar-refractivity contribution is 5.96. The van der Waals surface area contributed by atoms with Crippen LogP contribution in [0.1, 0.15) is 18.1 Å². The van der Waals surface area contributed by atoms with Crippen molar-refractivity contribution in [3.05, 3.63) is 29.3 Å². The number of imide groups is 1. The third-order valence-electron chi connectivity index (χ3n) is 4.91. The molecule has 8 heteroatoms. The van der Waals surface area contributed by atoms with Gasteiger partial charge < -0.3 is 10.6 Å². The molecule has 1 unspecified atom stereocenters. The number of carbonyl (C=O) groups excluding carboxylic acids is 3. The number of piperazine rings is 1. The highest BCUT2D eigenvalue weighted by atomic mass is 16.2. The molecule has 0 aliphatic carbocycles. The van der Waals surface area contributed by atoms with E-state index in [1.165, 1.54) is 7.05 Å². The minimum atomic E-state index is -0.506. The van der Waals surface area contributed by atoms with Crippen LogP contribution in [-0.2, 0) is 9.59 Å². The van der Waals surface area contributed by atoms with Gasteiger partial charge in [-0.05, 0) is 31.9 Å². The van der Waals surface area contributed by atoms with Gasteiger partial charge in [0.25, 0.3) is 0 Å². The number of anilines is 1. The molecule has 1 aliphatic heterocycles. The van der Waals surface area contributed by atoms with Gasteiger partial charge in [-0.2, -0.15) is 0 Å². The van der Waals surface area contributed by atoms with Crippen LogP contribution in [0.4, 0.5) is 10.5 Å². The molecule has 0 spiro atoms. The molecule has 0 saturated carbocycles. The van der Waals surface area contributed by atoms with E-state index in [-0.39, 0.29) is 11.8 Å². The lowest BCUT2D eigenvalue weighted by molar-refractivity contribution is -0.126. The number of para-hydroxylation sites is 1. The molecule has 1 atom stereocenters. The van der Waals surface area contributed by atoms with Gasteiger partial charge in [0.2, 0.25) is 11.8 Å². The number of hydrogen-bond acceptors (Lipinski definition) is 5. The number of carbonyl (C=O) groups is 3. The van der Waals surface area contributed by atoms with Crippen LogP contribution in [0.3, 0.4) is 0 Å². The highest BCUT2D eigenvalue weighted by Gasteiger charge is 2.27. The van der Waals surface area contributed by atoms with E-state index >= 15 is 0 Å². The molecular weight excluding hydrogens is 346 g/mol. The quantitative estimate of drug-likeness (QED) is 0.705. The number of hydrogen-bond donors (Lipinski definition) is 3. The Bertz CT molecular complexity index is 678. The molecule has 1 aromatic carbocycles. The van der Waals surface area contributed by atoms with E-state index < -0.39 is 12.1 Å². The van der Waals surface area contributed by atoms with E-state index in [0.29, 0.717) is 32.7 Å². The Labute approximate surface area is 160 Å². The Morgan fingerprint density at radius 3 is 2.22 bits per heavy atom. The maximum atomic E-state index is 12.4. The molecule has 1 saturated heterocycles. The zero-order valence-corrected chi connectivity index (χ0v) is 16.5. The zero-order chi connectivity index (χ0) is 20.0. The van der Waals surface area contributed by atoms with E-state index in [1.807, 2.05) is 36.9 Å². The molecule has 1 aliphatic rings. The number of aryl methyl sites for hydroxylation is 2. The average molecular weight is 375 g/mol. The normalized spacial score (nSPS) is 16.4. The molecule has 0 aromatic heterocycles. The Morgan fingerprint density at radius 2 is 1.67 bits per heavy atom. The van der Waals surface area contributed by atoms with Crippen LogP contribution in [0.5, 0.6) is 0 Å². The summed E-state index contributed by atoms with van der Waals surface area (Å²) in [5, 5.41) is 7.67. The summed E-state index contributed by atoms with van der Waals surface area (Å²) in [5.41, 5.74) is 2.97. The van der Waals surface area contributed by atoms with Crippen LogP contribution in [0, 0.1) is 13.8 Å². The van der Waals surface area contributed by atoms with Gasteiger partial charge in [-0.15, -0.1) is 0 Å². The van der Waals surface area contributed by atoms with Crippen LogP contribution in [0.2, 0.25) is 0 Å². The van der Waals surface area contributed by atoms with Crippen LogP contribution in [-0.4, -0.2) is 73.5 Å². The van der Waals surface area contributed by atoms with Gasteiger partial charge in [-0.25, -0.2) is 4.79 Å². The van der Waals surface area contributed by atoms with Crippen LogP contribution in [0.25, 0.3) is 0 Å². The van der Waals surface area contributed by atoms with Gasteiger partial charge in [-0.3, -0.25) is 24.7 Å². The molecule has 0 radical (unpaired) electrons. The van der Waals surface area contributed by atoms with Crippen LogP contribution < -0.4 is 16.0 Å². The first kappa shape index (κ1) is 20.9. The summed E-state index contributed by atoms with van der Waals surface area (Å²) in [5.74, 6) is -0.359. The van der Waals surface area contributed by atoms with E-state index in [4.69, 9.17) is 0 Å². The Kier molecular flexibility index (Phi) is 7.32. The predicted octanol–water partition coefficient (Wildman–Crippen LogP) is 0.704. The molecule has 148 valence electrons. The Balaban J connectivity index is 1.81. The van der Waals surface area contributed by atoms with E-state index in [0.717, 1.165) is 16.8 Å². The highest BCUT2D eigenvalue weighted by Crippen LogP contribution is 2.19. The Morgan fingerprint density at radius 1 is 1.07 bits per heavy atom. The van der Waals surface area contributed by atoms with Gasteiger partial charge in [0.05, 0.1) is 12.6 Å². The first-order valence-corrected chi connectivity index (χ1v) is 9.17. The predicted molar refractivity (Wildman–Crippen MR) is 105 cm³/mol. The summed E-state index contributed by atoms with van der Waals surface area (Å²) < 4.78 is 0. The SMILES string of the molecule is CNC(=O)NC(=O)C(C)N1CCN(CC(=O)Nc2c(C)cccc2C)CC1. The molecule has 1 fully saturated rings. The van der Waals surface area contributed by atoms with Gasteiger partial charge in [0.15, 0.2) is 0 Å². The third kappa shape index (κ3) is 5.77. The largest absolute Gasteiger partial charge is 0.341 e. The van der Waals surface area contributed by atoms with Crippen LogP contribution in [0.15, 0.2) is 18.2 Å². The summed E-state index contributed by atoms with van der Waals surface area (Å²) in [6.45, 7) is 8.77. The van der Waals surface area contributed by atoms with Crippen molar-refractivity contribution in [3.63, 3.8) is 0 Å². The summed E-state index contributed by atoms with van der Waals surface area (Å²) >= 11 is 0. The van der Waals surface area contributed by atoms with Crippen molar-refractivity contribution in [2.45, 2.75) is 26.8 Å². The lowest BCUT2D eigenvalue weighted by Crippen LogP contribution is -2.56. The molecule has 8 nitrogen and oxygen atoms in total. The van der Waals surface area contributed by atoms with E-state index in [2.05, 4.69) is 20.9 Å². The number of benzene rings is 1. The fourth-order valence-electron chi connectivity index (χ4n) is 3.15. The monoisotopic (exact) mass is 375 g/mol. The lowest BCUT2D eigenvalue weighted by Gasteiger charge is -2.37. The number of amides is 4. The molecular formula is C19H29N5O3. The fraction of sp³-hybridized carbons (Fsp3) is 0.526. The third-order valence-corrected chi connectivity index (χ3v) is 4.91. The van der Waals surface area contributed by atoms with Gasteiger partial charge in [0, 0.05) is 38.9 Å². The standard InChI is InChI=1S/C19H29N5O3/c1-13-6-5-7-14(2)17(13)21-16(25)12-23-8-10-24(11-9-23)15(3)18(26)22-19(27)20-4/h5-7,15H,8-12H2,1-4H3,(H,21,25)(H2,20,22,26,27). The summed E-state index contributed by atoms with van der Waals surface area (Å²) in [6.07, 6.45) is 0. The second-order valence-corrected chi connectivity index (χ2v) is 6.87. The second kappa shape index (κ2) is 9.48. The number of urea groups is 1. The molecule has 4 amide bonds. The van der Waals surface area contributed by atoms with Gasteiger partial charge in [0.1, 0.15) is 0 Å². The van der Waals surface area contributed by atoms with Gasteiger partial charge in [-0.1, -0.05) is 18.2 Å². The average Bonchev–Trinajstić information content (AvgIpc) is 2.64. The second-order valence-electron chi connectivity index (χ2n) is 6.87. The summed E-state index contributed by atoms with van der Waals surface area (Å²) in [6, 6.07) is 5.03. The molecule has 1 heterocycles. The summed E-state index contributed by atoms with van der Waals surface area (Å²) in [7, 11) is 1.47. The van der Waals surface area contributed by atoms with Crippen molar-refractivity contribution in [1.82, 2.24) is 20.4 Å². The smallest absolute Gasteiger partial charge is 0.321 e. The topological polar surface area (TPSA) is 93.8 Å². The Hall–Kier alpha value is -2.45. The van der Waals surface area contributed by atoms with Crippen molar-refractivity contribution in [1.29, 1.82) is 0 Å². The van der Waals surface area contributed by atoms with Crippen LogP contribution >= 0.6 is 0 Å². The maximum absolute atomic E-state index is 12.4. The number of nitrogens with zero attached hydrogens (tertiary/aromatic N) is 2. The molecule has 3 N–H and O–H groups in total. The first-order chi connectivity index (χ1) is 12.8. The summed E-state index contributed by atoms with van der Waals surface area (Å²) in [4.78, 5) is 39.8. The van der Waals surface area contributed by atoms with E-state index in [1.54, 1.807) is 6.92 Å². The number of rotatable bonds is 5. The lowest BCUT2D eigenvalue weighted by atomic mass is 10.1. The van der Waals surface area contributed by atoms with Crippen molar-refractivity contribution in [2.75, 3.05) is 45.1 Å².